The summed E-state index contributed by atoms with van der Waals surface area (Å²) in [6.07, 6.45) is -1.01. The van der Waals surface area contributed by atoms with Gasteiger partial charge in [0.25, 0.3) is 5.91 Å². The molecule has 0 aromatic heterocycles. The van der Waals surface area contributed by atoms with Crippen LogP contribution in [0.25, 0.3) is 0 Å². The third kappa shape index (κ3) is 3.35. The quantitative estimate of drug-likeness (QED) is 0.509. The van der Waals surface area contributed by atoms with Crippen LogP contribution in [-0.4, -0.2) is 5.91 Å². The smallest absolute Gasteiger partial charge is 0.279 e. The van der Waals surface area contributed by atoms with Crippen molar-refractivity contribution in [2.45, 2.75) is 6.10 Å². The van der Waals surface area contributed by atoms with Gasteiger partial charge in [0.2, 0.25) is 6.10 Å². The number of rotatable bonds is 4. The molecule has 106 valence electrons. The van der Waals surface area contributed by atoms with Crippen LogP contribution in [0.4, 0.5) is 4.39 Å². The van der Waals surface area contributed by atoms with Gasteiger partial charge in [-0.3, -0.25) is 10.2 Å². The van der Waals surface area contributed by atoms with Gasteiger partial charge in [-0.15, -0.1) is 0 Å². The van der Waals surface area contributed by atoms with Crippen molar-refractivity contribution in [2.24, 2.45) is 5.84 Å². The van der Waals surface area contributed by atoms with Crippen molar-refractivity contribution in [2.75, 3.05) is 0 Å². The summed E-state index contributed by atoms with van der Waals surface area (Å²) in [6, 6.07) is 14.1. The fourth-order valence-corrected chi connectivity index (χ4v) is 1.77. The van der Waals surface area contributed by atoms with Crippen LogP contribution < -0.4 is 16.0 Å². The normalized spacial score (nSPS) is 11.3. The SMILES string of the molecule is N#Cc1ccc(OC(C(=O)NN)c2ccccc2)cc1F. The predicted octanol–water partition coefficient (Wildman–Crippen LogP) is 1.81. The molecule has 6 heteroatoms. The van der Waals surface area contributed by atoms with Gasteiger partial charge >= 0.3 is 0 Å². The Hall–Kier alpha value is -2.91. The number of nitrogens with zero attached hydrogens (tertiary/aromatic N) is 1. The molecule has 3 N–H and O–H groups in total. The first-order chi connectivity index (χ1) is 10.2. The Bertz CT molecular complexity index is 683. The maximum absolute atomic E-state index is 13.6. The summed E-state index contributed by atoms with van der Waals surface area (Å²) in [6.45, 7) is 0. The number of ether oxygens (including phenoxy) is 1. The minimum atomic E-state index is -1.01. The number of benzene rings is 2. The van der Waals surface area contributed by atoms with Crippen molar-refractivity contribution < 1.29 is 13.9 Å². The lowest BCUT2D eigenvalue weighted by molar-refractivity contribution is -0.128. The van der Waals surface area contributed by atoms with E-state index in [0.717, 1.165) is 6.07 Å². The summed E-state index contributed by atoms with van der Waals surface area (Å²) >= 11 is 0. The molecule has 0 fully saturated rings. The molecule has 0 heterocycles. The van der Waals surface area contributed by atoms with E-state index in [9.17, 15) is 9.18 Å². The van der Waals surface area contributed by atoms with Crippen LogP contribution in [0.1, 0.15) is 17.2 Å². The molecule has 2 aromatic carbocycles. The van der Waals surface area contributed by atoms with E-state index in [0.29, 0.717) is 5.56 Å². The van der Waals surface area contributed by atoms with Crippen molar-refractivity contribution in [3.8, 4) is 11.8 Å². The number of nitrogens with one attached hydrogen (secondary N) is 1. The molecule has 5 nitrogen and oxygen atoms in total. The standard InChI is InChI=1S/C15H12FN3O2/c16-13-8-12(7-6-11(13)9-17)21-14(15(20)19-18)10-4-2-1-3-5-10/h1-8,14H,18H2,(H,19,20). The Morgan fingerprint density at radius 3 is 2.57 bits per heavy atom. The summed E-state index contributed by atoms with van der Waals surface area (Å²) in [5.41, 5.74) is 2.49. The van der Waals surface area contributed by atoms with Crippen LogP contribution in [0.15, 0.2) is 48.5 Å². The number of carbonyl (C=O) groups excluding carboxylic acids is 1. The molecule has 21 heavy (non-hydrogen) atoms. The van der Waals surface area contributed by atoms with Gasteiger partial charge in [0.1, 0.15) is 17.6 Å². The van der Waals surface area contributed by atoms with Crippen LogP contribution in [-0.2, 0) is 4.79 Å². The monoisotopic (exact) mass is 285 g/mol. The van der Waals surface area contributed by atoms with Gasteiger partial charge < -0.3 is 4.74 Å². The number of hydrogen-bond donors (Lipinski definition) is 2. The van der Waals surface area contributed by atoms with Gasteiger partial charge in [-0.2, -0.15) is 5.26 Å². The molecule has 0 saturated heterocycles. The first-order valence-electron chi connectivity index (χ1n) is 6.07. The fraction of sp³-hybridized carbons (Fsp3) is 0.0667. The Kier molecular flexibility index (Phi) is 4.49. The number of nitriles is 1. The van der Waals surface area contributed by atoms with E-state index in [4.69, 9.17) is 15.8 Å². The van der Waals surface area contributed by atoms with Crippen LogP contribution in [0.2, 0.25) is 0 Å². The maximum Gasteiger partial charge on any atom is 0.279 e. The Balaban J connectivity index is 2.30. The fourth-order valence-electron chi connectivity index (χ4n) is 1.77. The van der Waals surface area contributed by atoms with Crippen molar-refractivity contribution in [3.63, 3.8) is 0 Å². The van der Waals surface area contributed by atoms with Gasteiger partial charge in [-0.1, -0.05) is 30.3 Å². The molecule has 0 saturated carbocycles. The van der Waals surface area contributed by atoms with Crippen LogP contribution in [0.5, 0.6) is 5.75 Å². The van der Waals surface area contributed by atoms with E-state index in [-0.39, 0.29) is 11.3 Å². The number of carbonyl (C=O) groups is 1. The van der Waals surface area contributed by atoms with Gasteiger partial charge in [0.05, 0.1) is 5.56 Å². The number of nitrogens with two attached hydrogens (primary N) is 1. The number of hydrogen-bond acceptors (Lipinski definition) is 4. The van der Waals surface area contributed by atoms with Gasteiger partial charge in [-0.05, 0) is 12.1 Å². The molecule has 0 spiro atoms. The number of halogens is 1. The third-order valence-electron chi connectivity index (χ3n) is 2.80. The lowest BCUT2D eigenvalue weighted by Gasteiger charge is -2.18. The van der Waals surface area contributed by atoms with Crippen molar-refractivity contribution >= 4 is 5.91 Å². The lowest BCUT2D eigenvalue weighted by atomic mass is 10.1. The second kappa shape index (κ2) is 6.50. The van der Waals surface area contributed by atoms with Crippen LogP contribution in [0.3, 0.4) is 0 Å². The Labute approximate surface area is 120 Å². The summed E-state index contributed by atoms with van der Waals surface area (Å²) in [4.78, 5) is 11.8. The molecule has 0 aliphatic rings. The van der Waals surface area contributed by atoms with E-state index in [2.05, 4.69) is 0 Å². The average molecular weight is 285 g/mol. The highest BCUT2D eigenvalue weighted by molar-refractivity contribution is 5.82. The van der Waals surface area contributed by atoms with E-state index in [1.165, 1.54) is 12.1 Å². The van der Waals surface area contributed by atoms with E-state index < -0.39 is 17.8 Å². The first kappa shape index (κ1) is 14.5. The summed E-state index contributed by atoms with van der Waals surface area (Å²) in [7, 11) is 0. The zero-order chi connectivity index (χ0) is 15.2. The van der Waals surface area contributed by atoms with Crippen molar-refractivity contribution in [1.29, 1.82) is 5.26 Å². The Morgan fingerprint density at radius 2 is 2.00 bits per heavy atom. The van der Waals surface area contributed by atoms with Gasteiger partial charge in [0.15, 0.2) is 0 Å². The van der Waals surface area contributed by atoms with Crippen LogP contribution in [0, 0.1) is 17.1 Å². The van der Waals surface area contributed by atoms with Crippen molar-refractivity contribution in [1.82, 2.24) is 5.43 Å². The minimum Gasteiger partial charge on any atom is -0.476 e. The van der Waals surface area contributed by atoms with E-state index >= 15 is 0 Å². The van der Waals surface area contributed by atoms with E-state index in [1.807, 2.05) is 5.43 Å². The molecule has 0 bridgehead atoms. The number of amides is 1. The molecule has 0 aliphatic carbocycles. The number of hydrazine groups is 1. The molecule has 0 aliphatic heterocycles. The average Bonchev–Trinajstić information content (AvgIpc) is 2.53. The highest BCUT2D eigenvalue weighted by Gasteiger charge is 2.22. The highest BCUT2D eigenvalue weighted by atomic mass is 19.1. The largest absolute Gasteiger partial charge is 0.476 e. The van der Waals surface area contributed by atoms with Crippen molar-refractivity contribution in [3.05, 3.63) is 65.5 Å². The first-order valence-corrected chi connectivity index (χ1v) is 6.07. The van der Waals surface area contributed by atoms with E-state index in [1.54, 1.807) is 36.4 Å². The highest BCUT2D eigenvalue weighted by Crippen LogP contribution is 2.24. The molecule has 2 rings (SSSR count). The molecule has 0 radical (unpaired) electrons. The van der Waals surface area contributed by atoms with Crippen LogP contribution >= 0.6 is 0 Å². The molecule has 2 aromatic rings. The molecular weight excluding hydrogens is 273 g/mol. The predicted molar refractivity (Wildman–Crippen MR) is 73.3 cm³/mol. The minimum absolute atomic E-state index is 0.0955. The lowest BCUT2D eigenvalue weighted by Crippen LogP contribution is -2.37. The molecule has 1 unspecified atom stereocenters. The molecule has 1 amide bonds. The topological polar surface area (TPSA) is 88.1 Å². The zero-order valence-electron chi connectivity index (χ0n) is 10.9. The summed E-state index contributed by atoms with van der Waals surface area (Å²) in [5, 5.41) is 8.68. The Morgan fingerprint density at radius 1 is 1.29 bits per heavy atom. The third-order valence-corrected chi connectivity index (χ3v) is 2.80. The zero-order valence-corrected chi connectivity index (χ0v) is 10.9. The molecular formula is C15H12FN3O2. The van der Waals surface area contributed by atoms with Gasteiger partial charge in [-0.25, -0.2) is 10.2 Å². The second-order valence-corrected chi connectivity index (χ2v) is 4.17. The summed E-state index contributed by atoms with van der Waals surface area (Å²) < 4.78 is 19.1. The second-order valence-electron chi connectivity index (χ2n) is 4.17. The molecule has 1 atom stereocenters. The summed E-state index contributed by atoms with van der Waals surface area (Å²) in [5.74, 6) is 3.99. The maximum atomic E-state index is 13.6. The van der Waals surface area contributed by atoms with Gasteiger partial charge in [0, 0.05) is 11.6 Å².